The lowest BCUT2D eigenvalue weighted by atomic mass is 10.2. The third-order valence-corrected chi connectivity index (χ3v) is 3.21. The van der Waals surface area contributed by atoms with Gasteiger partial charge in [-0.3, -0.25) is 4.79 Å². The first kappa shape index (κ1) is 15.5. The number of hydrogen-bond acceptors (Lipinski definition) is 3. The molecule has 1 rings (SSSR count). The van der Waals surface area contributed by atoms with Crippen LogP contribution >= 0.6 is 15.9 Å². The summed E-state index contributed by atoms with van der Waals surface area (Å²) in [5, 5.41) is 11.6. The maximum Gasteiger partial charge on any atom is 0.335 e. The SMILES string of the molecule is CCC(C)NC(=O)COc1cc(C(=O)O)ccc1Br. The normalized spacial score (nSPS) is 11.7. The summed E-state index contributed by atoms with van der Waals surface area (Å²) in [5.74, 6) is -0.942. The number of carboxylic acid groups (broad SMARTS) is 1. The number of carbonyl (C=O) groups excluding carboxylic acids is 1. The van der Waals surface area contributed by atoms with Gasteiger partial charge in [-0.1, -0.05) is 6.92 Å². The molecule has 1 unspecified atom stereocenters. The summed E-state index contributed by atoms with van der Waals surface area (Å²) in [4.78, 5) is 22.4. The van der Waals surface area contributed by atoms with Crippen molar-refractivity contribution in [2.45, 2.75) is 26.3 Å². The fraction of sp³-hybridized carbons (Fsp3) is 0.385. The average molecular weight is 330 g/mol. The Morgan fingerprint density at radius 2 is 2.16 bits per heavy atom. The lowest BCUT2D eigenvalue weighted by molar-refractivity contribution is -0.123. The van der Waals surface area contributed by atoms with Crippen molar-refractivity contribution in [1.29, 1.82) is 0 Å². The van der Waals surface area contributed by atoms with Crippen LogP contribution in [0.2, 0.25) is 0 Å². The topological polar surface area (TPSA) is 75.6 Å². The summed E-state index contributed by atoms with van der Waals surface area (Å²) < 4.78 is 5.92. The zero-order chi connectivity index (χ0) is 14.4. The molecule has 1 aromatic carbocycles. The first-order valence-corrected chi connectivity index (χ1v) is 6.68. The van der Waals surface area contributed by atoms with Crippen LogP contribution in [-0.4, -0.2) is 29.6 Å². The number of nitrogens with one attached hydrogen (secondary N) is 1. The van der Waals surface area contributed by atoms with Crippen LogP contribution in [0.15, 0.2) is 22.7 Å². The van der Waals surface area contributed by atoms with E-state index in [2.05, 4.69) is 21.2 Å². The minimum atomic E-state index is -1.04. The van der Waals surface area contributed by atoms with Gasteiger partial charge >= 0.3 is 5.97 Å². The van der Waals surface area contributed by atoms with Crippen LogP contribution in [0, 0.1) is 0 Å². The number of hydrogen-bond donors (Lipinski definition) is 2. The summed E-state index contributed by atoms with van der Waals surface area (Å²) >= 11 is 3.24. The van der Waals surface area contributed by atoms with Crippen molar-refractivity contribution in [3.05, 3.63) is 28.2 Å². The number of ether oxygens (including phenoxy) is 1. The van der Waals surface area contributed by atoms with Crippen LogP contribution in [0.1, 0.15) is 30.6 Å². The standard InChI is InChI=1S/C13H16BrNO4/c1-3-8(2)15-12(16)7-19-11-6-9(13(17)18)4-5-10(11)14/h4-6,8H,3,7H2,1-2H3,(H,15,16)(H,17,18). The molecule has 0 aliphatic rings. The molecule has 104 valence electrons. The Morgan fingerprint density at radius 1 is 1.47 bits per heavy atom. The van der Waals surface area contributed by atoms with Gasteiger partial charge in [-0.2, -0.15) is 0 Å². The number of benzene rings is 1. The second kappa shape index (κ2) is 7.13. The molecule has 5 nitrogen and oxygen atoms in total. The number of carbonyl (C=O) groups is 2. The Morgan fingerprint density at radius 3 is 2.74 bits per heavy atom. The predicted molar refractivity (Wildman–Crippen MR) is 74.5 cm³/mol. The summed E-state index contributed by atoms with van der Waals surface area (Å²) in [6, 6.07) is 4.50. The number of aromatic carboxylic acids is 1. The maximum absolute atomic E-state index is 11.5. The highest BCUT2D eigenvalue weighted by atomic mass is 79.9. The minimum Gasteiger partial charge on any atom is -0.483 e. The molecule has 0 aliphatic carbocycles. The lowest BCUT2D eigenvalue weighted by Gasteiger charge is -2.13. The highest BCUT2D eigenvalue weighted by Crippen LogP contribution is 2.26. The van der Waals surface area contributed by atoms with Gasteiger partial charge in [-0.25, -0.2) is 4.79 Å². The molecule has 0 spiro atoms. The zero-order valence-corrected chi connectivity index (χ0v) is 12.4. The van der Waals surface area contributed by atoms with E-state index in [0.717, 1.165) is 6.42 Å². The molecule has 0 fully saturated rings. The first-order valence-electron chi connectivity index (χ1n) is 5.89. The van der Waals surface area contributed by atoms with Crippen LogP contribution < -0.4 is 10.1 Å². The van der Waals surface area contributed by atoms with E-state index in [4.69, 9.17) is 9.84 Å². The highest BCUT2D eigenvalue weighted by Gasteiger charge is 2.11. The second-order valence-electron chi connectivity index (χ2n) is 4.12. The Kier molecular flexibility index (Phi) is 5.82. The molecule has 19 heavy (non-hydrogen) atoms. The van der Waals surface area contributed by atoms with E-state index in [0.29, 0.717) is 10.2 Å². The van der Waals surface area contributed by atoms with E-state index >= 15 is 0 Å². The molecular formula is C13H16BrNO4. The van der Waals surface area contributed by atoms with Gasteiger partial charge in [0.2, 0.25) is 0 Å². The molecule has 0 radical (unpaired) electrons. The highest BCUT2D eigenvalue weighted by molar-refractivity contribution is 9.10. The fourth-order valence-electron chi connectivity index (χ4n) is 1.31. The number of halogens is 1. The van der Waals surface area contributed by atoms with Crippen molar-refractivity contribution in [3.8, 4) is 5.75 Å². The minimum absolute atomic E-state index is 0.0879. The van der Waals surface area contributed by atoms with E-state index < -0.39 is 5.97 Å². The lowest BCUT2D eigenvalue weighted by Crippen LogP contribution is -2.35. The van der Waals surface area contributed by atoms with Crippen LogP contribution in [0.4, 0.5) is 0 Å². The number of rotatable bonds is 6. The van der Waals surface area contributed by atoms with E-state index in [-0.39, 0.29) is 24.1 Å². The van der Waals surface area contributed by atoms with Gasteiger partial charge in [-0.15, -0.1) is 0 Å². The molecule has 1 aromatic rings. The summed E-state index contributed by atoms with van der Waals surface area (Å²) in [6.45, 7) is 3.73. The summed E-state index contributed by atoms with van der Waals surface area (Å²) in [7, 11) is 0. The third kappa shape index (κ3) is 4.90. The Bertz CT molecular complexity index is 476. The quantitative estimate of drug-likeness (QED) is 0.840. The van der Waals surface area contributed by atoms with Gasteiger partial charge in [-0.05, 0) is 47.5 Å². The van der Waals surface area contributed by atoms with Gasteiger partial charge in [0, 0.05) is 6.04 Å². The molecule has 0 saturated carbocycles. The predicted octanol–water partition coefficient (Wildman–Crippen LogP) is 2.44. The monoisotopic (exact) mass is 329 g/mol. The first-order chi connectivity index (χ1) is 8.93. The van der Waals surface area contributed by atoms with Crippen molar-refractivity contribution in [1.82, 2.24) is 5.32 Å². The Balaban J connectivity index is 2.64. The summed E-state index contributed by atoms with van der Waals surface area (Å²) in [6.07, 6.45) is 0.837. The molecule has 6 heteroatoms. The smallest absolute Gasteiger partial charge is 0.335 e. The molecule has 1 atom stereocenters. The molecule has 0 aliphatic heterocycles. The van der Waals surface area contributed by atoms with Gasteiger partial charge < -0.3 is 15.2 Å². The van der Waals surface area contributed by atoms with Crippen molar-refractivity contribution >= 4 is 27.8 Å². The van der Waals surface area contributed by atoms with Gasteiger partial charge in [0.1, 0.15) is 5.75 Å². The van der Waals surface area contributed by atoms with E-state index in [1.54, 1.807) is 6.07 Å². The average Bonchev–Trinajstić information content (AvgIpc) is 2.37. The van der Waals surface area contributed by atoms with E-state index in [9.17, 15) is 9.59 Å². The van der Waals surface area contributed by atoms with Crippen LogP contribution in [0.5, 0.6) is 5.75 Å². The largest absolute Gasteiger partial charge is 0.483 e. The zero-order valence-electron chi connectivity index (χ0n) is 10.8. The van der Waals surface area contributed by atoms with Crippen molar-refractivity contribution in [3.63, 3.8) is 0 Å². The van der Waals surface area contributed by atoms with Gasteiger partial charge in [0.25, 0.3) is 5.91 Å². The molecule has 0 saturated heterocycles. The van der Waals surface area contributed by atoms with Crippen molar-refractivity contribution < 1.29 is 19.4 Å². The van der Waals surface area contributed by atoms with Gasteiger partial charge in [0.05, 0.1) is 10.0 Å². The molecule has 0 heterocycles. The van der Waals surface area contributed by atoms with Crippen molar-refractivity contribution in [2.24, 2.45) is 0 Å². The number of amides is 1. The second-order valence-corrected chi connectivity index (χ2v) is 4.97. The molecule has 0 bridgehead atoms. The van der Waals surface area contributed by atoms with E-state index in [1.165, 1.54) is 12.1 Å². The number of carboxylic acids is 1. The Hall–Kier alpha value is -1.56. The fourth-order valence-corrected chi connectivity index (χ4v) is 1.67. The molecule has 0 aromatic heterocycles. The molecular weight excluding hydrogens is 314 g/mol. The van der Waals surface area contributed by atoms with E-state index in [1.807, 2.05) is 13.8 Å². The van der Waals surface area contributed by atoms with Crippen LogP contribution in [0.25, 0.3) is 0 Å². The maximum atomic E-state index is 11.5. The summed E-state index contributed by atoms with van der Waals surface area (Å²) in [5.41, 5.74) is 0.112. The third-order valence-electron chi connectivity index (χ3n) is 2.56. The molecule has 1 amide bonds. The Labute approximate surface area is 120 Å². The molecule has 2 N–H and O–H groups in total. The van der Waals surface area contributed by atoms with Crippen LogP contribution in [-0.2, 0) is 4.79 Å². The van der Waals surface area contributed by atoms with Crippen molar-refractivity contribution in [2.75, 3.05) is 6.61 Å². The van der Waals surface area contributed by atoms with Gasteiger partial charge in [0.15, 0.2) is 6.61 Å². The van der Waals surface area contributed by atoms with Crippen LogP contribution in [0.3, 0.4) is 0 Å².